The molecule has 0 N–H and O–H groups in total. The minimum absolute atomic E-state index is 0.0123. The molecule has 0 radical (unpaired) electrons. The fourth-order valence-electron chi connectivity index (χ4n) is 1.97. The van der Waals surface area contributed by atoms with E-state index >= 15 is 0 Å². The largest absolute Gasteiger partial charge is 0.481 e. The van der Waals surface area contributed by atoms with Crippen LogP contribution in [0.3, 0.4) is 0 Å². The number of hydrogen-bond acceptors (Lipinski definition) is 6. The number of methoxy groups -OCH3 is 1. The zero-order chi connectivity index (χ0) is 18.0. The molecule has 0 amide bonds. The van der Waals surface area contributed by atoms with Crippen LogP contribution in [-0.4, -0.2) is 22.2 Å². The molecule has 0 unspecified atom stereocenters. The third-order valence-electron chi connectivity index (χ3n) is 3.06. The Bertz CT molecular complexity index is 896. The van der Waals surface area contributed by atoms with Crippen LogP contribution < -0.4 is 9.47 Å². The Hall–Kier alpha value is -3.17. The second-order valence-corrected chi connectivity index (χ2v) is 4.69. The predicted octanol–water partition coefficient (Wildman–Crippen LogP) is 4.09. The molecule has 3 aromatic rings. The first kappa shape index (κ1) is 16.7. The Labute approximate surface area is 138 Å². The normalized spacial score (nSPS) is 11.4. The molecule has 0 fully saturated rings. The number of aromatic nitrogens is 3. The van der Waals surface area contributed by atoms with Crippen LogP contribution in [0.15, 0.2) is 41.2 Å². The Morgan fingerprint density at radius 1 is 1.08 bits per heavy atom. The van der Waals surface area contributed by atoms with E-state index in [4.69, 9.17) is 9.47 Å². The number of halogens is 4. The second kappa shape index (κ2) is 6.38. The van der Waals surface area contributed by atoms with E-state index in [0.29, 0.717) is 6.07 Å². The van der Waals surface area contributed by atoms with Crippen LogP contribution in [-0.2, 0) is 6.18 Å². The molecule has 3 rings (SSSR count). The van der Waals surface area contributed by atoms with Gasteiger partial charge in [-0.3, -0.25) is 0 Å². The molecule has 0 aliphatic rings. The monoisotopic (exact) mass is 355 g/mol. The summed E-state index contributed by atoms with van der Waals surface area (Å²) in [5, 5.41) is 3.28. The van der Waals surface area contributed by atoms with E-state index in [1.807, 2.05) is 0 Å². The van der Waals surface area contributed by atoms with Crippen molar-refractivity contribution >= 4 is 0 Å². The van der Waals surface area contributed by atoms with Gasteiger partial charge in [-0.25, -0.2) is 14.4 Å². The number of rotatable bonds is 4. The standard InChI is InChI=1S/C15H9F4N3O3/c1-23-12-6-13(21-7-20-12)24-10-4-2-3-8(16)14(10)9-5-11(25-22-9)15(17,18)19/h2-7H,1H3. The third kappa shape index (κ3) is 3.52. The maximum absolute atomic E-state index is 14.2. The Balaban J connectivity index is 2.01. The molecule has 2 aromatic heterocycles. The van der Waals surface area contributed by atoms with Crippen molar-refractivity contribution in [3.05, 3.63) is 48.2 Å². The first-order valence-corrected chi connectivity index (χ1v) is 6.75. The maximum atomic E-state index is 14.2. The Morgan fingerprint density at radius 3 is 2.52 bits per heavy atom. The lowest BCUT2D eigenvalue weighted by atomic mass is 10.1. The van der Waals surface area contributed by atoms with Gasteiger partial charge in [-0.2, -0.15) is 13.2 Å². The molecule has 6 nitrogen and oxygen atoms in total. The number of benzene rings is 1. The summed E-state index contributed by atoms with van der Waals surface area (Å²) in [5.41, 5.74) is -0.652. The number of hydrogen-bond donors (Lipinski definition) is 0. The molecule has 10 heteroatoms. The van der Waals surface area contributed by atoms with E-state index in [2.05, 4.69) is 19.6 Å². The maximum Gasteiger partial charge on any atom is 0.452 e. The van der Waals surface area contributed by atoms with Gasteiger partial charge < -0.3 is 14.0 Å². The van der Waals surface area contributed by atoms with E-state index in [9.17, 15) is 17.6 Å². The van der Waals surface area contributed by atoms with Gasteiger partial charge in [0.2, 0.25) is 17.5 Å². The summed E-state index contributed by atoms with van der Waals surface area (Å²) in [4.78, 5) is 7.62. The topological polar surface area (TPSA) is 70.3 Å². The number of ether oxygens (including phenoxy) is 2. The summed E-state index contributed by atoms with van der Waals surface area (Å²) in [5.74, 6) is -2.06. The molecule has 2 heterocycles. The predicted molar refractivity (Wildman–Crippen MR) is 75.6 cm³/mol. The van der Waals surface area contributed by atoms with Crippen molar-refractivity contribution in [3.63, 3.8) is 0 Å². The molecule has 0 saturated carbocycles. The van der Waals surface area contributed by atoms with Gasteiger partial charge in [0.25, 0.3) is 0 Å². The number of nitrogens with zero attached hydrogens (tertiary/aromatic N) is 3. The summed E-state index contributed by atoms with van der Waals surface area (Å²) in [6.07, 6.45) is -3.58. The molecule has 0 aliphatic carbocycles. The molecule has 130 valence electrons. The highest BCUT2D eigenvalue weighted by Gasteiger charge is 2.36. The fourth-order valence-corrected chi connectivity index (χ4v) is 1.97. The highest BCUT2D eigenvalue weighted by Crippen LogP contribution is 2.38. The van der Waals surface area contributed by atoms with E-state index in [-0.39, 0.29) is 28.8 Å². The minimum atomic E-state index is -4.74. The van der Waals surface area contributed by atoms with E-state index in [0.717, 1.165) is 12.4 Å². The Kier molecular flexibility index (Phi) is 4.26. The van der Waals surface area contributed by atoms with Crippen LogP contribution in [0.1, 0.15) is 5.76 Å². The van der Waals surface area contributed by atoms with Gasteiger partial charge in [0.1, 0.15) is 23.6 Å². The average Bonchev–Trinajstić information content (AvgIpc) is 3.05. The summed E-state index contributed by atoms with van der Waals surface area (Å²) >= 11 is 0. The van der Waals surface area contributed by atoms with Crippen molar-refractivity contribution in [1.82, 2.24) is 15.1 Å². The molecule has 1 aromatic carbocycles. The molecule has 0 saturated heterocycles. The van der Waals surface area contributed by atoms with Gasteiger partial charge in [0.15, 0.2) is 0 Å². The number of alkyl halides is 3. The molecule has 25 heavy (non-hydrogen) atoms. The highest BCUT2D eigenvalue weighted by molar-refractivity contribution is 5.68. The average molecular weight is 355 g/mol. The molecular weight excluding hydrogens is 346 g/mol. The van der Waals surface area contributed by atoms with Crippen LogP contribution in [0, 0.1) is 5.82 Å². The zero-order valence-corrected chi connectivity index (χ0v) is 12.5. The van der Waals surface area contributed by atoms with Gasteiger partial charge in [-0.1, -0.05) is 11.2 Å². The van der Waals surface area contributed by atoms with Crippen molar-refractivity contribution in [1.29, 1.82) is 0 Å². The van der Waals surface area contributed by atoms with Gasteiger partial charge >= 0.3 is 6.18 Å². The Morgan fingerprint density at radius 2 is 1.84 bits per heavy atom. The lowest BCUT2D eigenvalue weighted by molar-refractivity contribution is -0.155. The van der Waals surface area contributed by atoms with Crippen LogP contribution in [0.2, 0.25) is 0 Å². The molecular formula is C15H9F4N3O3. The van der Waals surface area contributed by atoms with Crippen molar-refractivity contribution in [2.45, 2.75) is 6.18 Å². The van der Waals surface area contributed by atoms with Crippen molar-refractivity contribution < 1.29 is 31.6 Å². The summed E-state index contributed by atoms with van der Waals surface area (Å²) < 4.78 is 66.8. The zero-order valence-electron chi connectivity index (χ0n) is 12.5. The molecule has 0 aliphatic heterocycles. The van der Waals surface area contributed by atoms with Gasteiger partial charge in [-0.15, -0.1) is 0 Å². The highest BCUT2D eigenvalue weighted by atomic mass is 19.4. The molecule has 0 bridgehead atoms. The lowest BCUT2D eigenvalue weighted by Crippen LogP contribution is -2.02. The fraction of sp³-hybridized carbons (Fsp3) is 0.133. The van der Waals surface area contributed by atoms with Crippen LogP contribution in [0.25, 0.3) is 11.3 Å². The van der Waals surface area contributed by atoms with Crippen LogP contribution in [0.4, 0.5) is 17.6 Å². The van der Waals surface area contributed by atoms with Crippen molar-refractivity contribution in [2.75, 3.05) is 7.11 Å². The summed E-state index contributed by atoms with van der Waals surface area (Å²) in [6.45, 7) is 0. The first-order valence-electron chi connectivity index (χ1n) is 6.75. The van der Waals surface area contributed by atoms with Gasteiger partial charge in [-0.05, 0) is 12.1 Å². The first-order chi connectivity index (χ1) is 11.9. The summed E-state index contributed by atoms with van der Waals surface area (Å²) in [6, 6.07) is 5.67. The smallest absolute Gasteiger partial charge is 0.452 e. The van der Waals surface area contributed by atoms with Crippen molar-refractivity contribution in [3.8, 4) is 28.8 Å². The lowest BCUT2D eigenvalue weighted by Gasteiger charge is -2.09. The van der Waals surface area contributed by atoms with Gasteiger partial charge in [0.05, 0.1) is 18.7 Å². The van der Waals surface area contributed by atoms with Crippen LogP contribution in [0.5, 0.6) is 17.5 Å². The third-order valence-corrected chi connectivity index (χ3v) is 3.06. The quantitative estimate of drug-likeness (QED) is 0.657. The van der Waals surface area contributed by atoms with Crippen LogP contribution >= 0.6 is 0 Å². The van der Waals surface area contributed by atoms with E-state index < -0.39 is 17.8 Å². The SMILES string of the molecule is COc1cc(Oc2cccc(F)c2-c2cc(C(F)(F)F)on2)ncn1. The minimum Gasteiger partial charge on any atom is -0.481 e. The molecule has 0 atom stereocenters. The van der Waals surface area contributed by atoms with E-state index in [1.165, 1.54) is 25.3 Å². The van der Waals surface area contributed by atoms with E-state index in [1.54, 1.807) is 0 Å². The second-order valence-electron chi connectivity index (χ2n) is 4.69. The van der Waals surface area contributed by atoms with Crippen molar-refractivity contribution in [2.24, 2.45) is 0 Å². The molecule has 0 spiro atoms. The van der Waals surface area contributed by atoms with Gasteiger partial charge in [0, 0.05) is 6.07 Å². The summed E-state index contributed by atoms with van der Waals surface area (Å²) in [7, 11) is 1.38.